The number of nitrogen functional groups attached to an aromatic ring is 1. The normalized spacial score (nSPS) is 21.4. The lowest BCUT2D eigenvalue weighted by Crippen LogP contribution is -2.03. The molecule has 2 atom stereocenters. The summed E-state index contributed by atoms with van der Waals surface area (Å²) >= 11 is 3.15. The zero-order chi connectivity index (χ0) is 14.0. The number of nitrogens with one attached hydrogen (secondary N) is 1. The van der Waals surface area contributed by atoms with Crippen LogP contribution in [0.3, 0.4) is 0 Å². The first-order chi connectivity index (χ1) is 9.12. The molecule has 0 amide bonds. The van der Waals surface area contributed by atoms with Gasteiger partial charge in [0.05, 0.1) is 15.5 Å². The maximum Gasteiger partial charge on any atom is 0.174 e. The van der Waals surface area contributed by atoms with E-state index in [-0.39, 0.29) is 5.78 Å². The molecule has 5 heteroatoms. The van der Waals surface area contributed by atoms with Crippen LogP contribution in [0, 0.1) is 5.92 Å². The zero-order valence-corrected chi connectivity index (χ0v) is 13.4. The Balaban J connectivity index is 2.14. The lowest BCUT2D eigenvalue weighted by Gasteiger charge is -2.05. The van der Waals surface area contributed by atoms with E-state index < -0.39 is 0 Å². The van der Waals surface area contributed by atoms with Gasteiger partial charge in [-0.25, -0.2) is 0 Å². The molecular weight excluding hydrogens is 276 g/mol. The number of nitrogens with two attached hydrogens (primary N) is 1. The fourth-order valence-corrected chi connectivity index (χ4v) is 4.47. The summed E-state index contributed by atoms with van der Waals surface area (Å²) in [5, 5.41) is 4.66. The Kier molecular flexibility index (Phi) is 4.79. The second-order valence-corrected chi connectivity index (χ2v) is 6.86. The molecule has 106 valence electrons. The molecule has 1 saturated carbocycles. The highest BCUT2D eigenvalue weighted by atomic mass is 32.2. The third-order valence-corrected chi connectivity index (χ3v) is 5.72. The van der Waals surface area contributed by atoms with E-state index in [0.717, 1.165) is 20.7 Å². The average molecular weight is 298 g/mol. The number of ketones is 1. The van der Waals surface area contributed by atoms with Crippen molar-refractivity contribution in [3.8, 4) is 0 Å². The molecule has 1 aromatic rings. The second kappa shape index (κ2) is 6.18. The van der Waals surface area contributed by atoms with Crippen LogP contribution in [0.5, 0.6) is 0 Å². The lowest BCUT2D eigenvalue weighted by atomic mass is 10.2. The monoisotopic (exact) mass is 298 g/mol. The van der Waals surface area contributed by atoms with Gasteiger partial charge in [-0.2, -0.15) is 0 Å². The van der Waals surface area contributed by atoms with Gasteiger partial charge >= 0.3 is 0 Å². The number of anilines is 2. The highest BCUT2D eigenvalue weighted by molar-refractivity contribution is 7.99. The van der Waals surface area contributed by atoms with E-state index in [9.17, 15) is 4.79 Å². The summed E-state index contributed by atoms with van der Waals surface area (Å²) in [5.74, 6) is 0.945. The second-order valence-electron chi connectivity index (χ2n) is 5.02. The summed E-state index contributed by atoms with van der Waals surface area (Å²) in [6.45, 7) is 4.11. The number of carbonyl (C=O) groups is 1. The Labute approximate surface area is 123 Å². The van der Waals surface area contributed by atoms with E-state index in [1.807, 2.05) is 13.2 Å². The van der Waals surface area contributed by atoms with Crippen LogP contribution in [0.4, 0.5) is 10.7 Å². The van der Waals surface area contributed by atoms with Crippen molar-refractivity contribution in [2.75, 3.05) is 17.3 Å². The predicted molar refractivity (Wildman–Crippen MR) is 85.6 cm³/mol. The van der Waals surface area contributed by atoms with Gasteiger partial charge in [0.2, 0.25) is 0 Å². The molecule has 1 fully saturated rings. The quantitative estimate of drug-likeness (QED) is 0.584. The average Bonchev–Trinajstić information content (AvgIpc) is 3.04. The molecule has 0 radical (unpaired) electrons. The fourth-order valence-electron chi connectivity index (χ4n) is 2.38. The third-order valence-electron chi connectivity index (χ3n) is 3.58. The van der Waals surface area contributed by atoms with Crippen LogP contribution in [-0.4, -0.2) is 18.1 Å². The van der Waals surface area contributed by atoms with Crippen molar-refractivity contribution in [3.05, 3.63) is 4.88 Å². The smallest absolute Gasteiger partial charge is 0.174 e. The number of rotatable bonds is 7. The van der Waals surface area contributed by atoms with Crippen LogP contribution >= 0.6 is 23.1 Å². The molecular formula is C14H22N2OS2. The Bertz CT molecular complexity index is 470. The molecule has 0 aliphatic heterocycles. The molecule has 2 rings (SSSR count). The summed E-state index contributed by atoms with van der Waals surface area (Å²) in [5.41, 5.74) is 6.78. The number of thiophene rings is 1. The van der Waals surface area contributed by atoms with Gasteiger partial charge in [-0.3, -0.25) is 4.79 Å². The molecule has 2 unspecified atom stereocenters. The van der Waals surface area contributed by atoms with Crippen molar-refractivity contribution in [1.29, 1.82) is 0 Å². The molecule has 1 aliphatic carbocycles. The predicted octanol–water partition coefficient (Wildman–Crippen LogP) is 4.25. The highest BCUT2D eigenvalue weighted by Gasteiger charge is 2.37. The summed E-state index contributed by atoms with van der Waals surface area (Å²) in [6, 6.07) is 0.577. The van der Waals surface area contributed by atoms with E-state index >= 15 is 0 Å². The SMILES string of the molecule is CCCC1CC1Nc1sc(C(=O)CC)c(N)c1SC. The molecule has 0 spiro atoms. The Morgan fingerprint density at radius 3 is 2.84 bits per heavy atom. The van der Waals surface area contributed by atoms with Crippen LogP contribution in [0.2, 0.25) is 0 Å². The van der Waals surface area contributed by atoms with Gasteiger partial charge in [0.25, 0.3) is 0 Å². The van der Waals surface area contributed by atoms with Crippen molar-refractivity contribution < 1.29 is 4.79 Å². The number of Topliss-reactive ketones (excluding diaryl/α,β-unsaturated/α-hetero) is 1. The van der Waals surface area contributed by atoms with E-state index in [2.05, 4.69) is 12.2 Å². The third kappa shape index (κ3) is 3.08. The van der Waals surface area contributed by atoms with Crippen LogP contribution in [0.25, 0.3) is 0 Å². The van der Waals surface area contributed by atoms with Gasteiger partial charge in [-0.05, 0) is 25.0 Å². The van der Waals surface area contributed by atoms with Crippen LogP contribution in [0.1, 0.15) is 49.2 Å². The molecule has 0 aromatic carbocycles. The van der Waals surface area contributed by atoms with Crippen molar-refractivity contribution in [3.63, 3.8) is 0 Å². The topological polar surface area (TPSA) is 55.1 Å². The summed E-state index contributed by atoms with van der Waals surface area (Å²) in [7, 11) is 0. The standard InChI is InChI=1S/C14H22N2OS2/c1-4-6-8-7-9(8)16-14-13(18-3)11(15)12(19-14)10(17)5-2/h8-9,16H,4-7,15H2,1-3H3. The van der Waals surface area contributed by atoms with Crippen molar-refractivity contribution in [2.45, 2.75) is 50.5 Å². The minimum atomic E-state index is 0.145. The van der Waals surface area contributed by atoms with E-state index in [4.69, 9.17) is 5.73 Å². The van der Waals surface area contributed by atoms with Gasteiger partial charge in [0.15, 0.2) is 5.78 Å². The van der Waals surface area contributed by atoms with Crippen LogP contribution < -0.4 is 11.1 Å². The van der Waals surface area contributed by atoms with Crippen LogP contribution in [-0.2, 0) is 0 Å². The number of hydrogen-bond donors (Lipinski definition) is 2. The maximum absolute atomic E-state index is 11.9. The Hall–Kier alpha value is -0.680. The Morgan fingerprint density at radius 1 is 1.53 bits per heavy atom. The van der Waals surface area contributed by atoms with Gasteiger partial charge in [0.1, 0.15) is 5.00 Å². The first-order valence-corrected chi connectivity index (χ1v) is 8.92. The number of hydrogen-bond acceptors (Lipinski definition) is 5. The molecule has 1 heterocycles. The molecule has 3 nitrogen and oxygen atoms in total. The number of carbonyl (C=O) groups excluding carboxylic acids is 1. The lowest BCUT2D eigenvalue weighted by molar-refractivity contribution is 0.0992. The zero-order valence-electron chi connectivity index (χ0n) is 11.8. The van der Waals surface area contributed by atoms with E-state index in [1.54, 1.807) is 11.8 Å². The van der Waals surface area contributed by atoms with Crippen LogP contribution in [0.15, 0.2) is 4.90 Å². The fraction of sp³-hybridized carbons (Fsp3) is 0.643. The van der Waals surface area contributed by atoms with Crippen molar-refractivity contribution in [2.24, 2.45) is 5.92 Å². The van der Waals surface area contributed by atoms with Crippen molar-refractivity contribution in [1.82, 2.24) is 0 Å². The van der Waals surface area contributed by atoms with Gasteiger partial charge in [-0.15, -0.1) is 23.1 Å². The first kappa shape index (κ1) is 14.7. The maximum atomic E-state index is 11.9. The minimum absolute atomic E-state index is 0.145. The molecule has 19 heavy (non-hydrogen) atoms. The summed E-state index contributed by atoms with van der Waals surface area (Å²) < 4.78 is 0. The van der Waals surface area contributed by atoms with Gasteiger partial charge < -0.3 is 11.1 Å². The molecule has 0 bridgehead atoms. The van der Waals surface area contributed by atoms with Crippen molar-refractivity contribution >= 4 is 39.6 Å². The summed E-state index contributed by atoms with van der Waals surface area (Å²) in [6.07, 6.45) is 6.30. The minimum Gasteiger partial charge on any atom is -0.396 e. The molecule has 1 aliphatic rings. The molecule has 3 N–H and O–H groups in total. The summed E-state index contributed by atoms with van der Waals surface area (Å²) in [4.78, 5) is 13.6. The Morgan fingerprint density at radius 2 is 2.26 bits per heavy atom. The molecule has 0 saturated heterocycles. The van der Waals surface area contributed by atoms with E-state index in [1.165, 1.54) is 30.6 Å². The highest BCUT2D eigenvalue weighted by Crippen LogP contribution is 2.46. The van der Waals surface area contributed by atoms with Gasteiger partial charge in [0, 0.05) is 12.5 Å². The molecule has 1 aromatic heterocycles. The van der Waals surface area contributed by atoms with E-state index in [0.29, 0.717) is 18.2 Å². The largest absolute Gasteiger partial charge is 0.396 e. The number of thioether (sulfide) groups is 1. The first-order valence-electron chi connectivity index (χ1n) is 6.88. The van der Waals surface area contributed by atoms with Gasteiger partial charge in [-0.1, -0.05) is 20.3 Å².